The zero-order valence-electron chi connectivity index (χ0n) is 17.5. The number of unbranched alkanes of at least 4 members (excludes halogenated alkanes) is 3. The van der Waals surface area contributed by atoms with Crippen LogP contribution in [-0.2, 0) is 9.53 Å². The van der Waals surface area contributed by atoms with E-state index in [-0.39, 0.29) is 11.9 Å². The molecule has 0 aromatic rings. The minimum atomic E-state index is 0.0941. The Bertz CT molecular complexity index is 423. The zero-order valence-corrected chi connectivity index (χ0v) is 17.5. The molecule has 4 aliphatic rings. The average molecular weight is 363 g/mol. The Morgan fingerprint density at radius 3 is 2.04 bits per heavy atom. The lowest BCUT2D eigenvalue weighted by molar-refractivity contribution is -0.151. The highest BCUT2D eigenvalue weighted by atomic mass is 16.5. The van der Waals surface area contributed by atoms with E-state index < -0.39 is 0 Å². The molecule has 26 heavy (non-hydrogen) atoms. The molecule has 0 heterocycles. The van der Waals surface area contributed by atoms with E-state index in [9.17, 15) is 4.79 Å². The summed E-state index contributed by atoms with van der Waals surface area (Å²) in [6.45, 7) is 5.09. The maximum Gasteiger partial charge on any atom is 0.308 e. The Morgan fingerprint density at radius 1 is 0.846 bits per heavy atom. The van der Waals surface area contributed by atoms with Crippen molar-refractivity contribution in [2.75, 3.05) is 6.61 Å². The molecular formula is C24H42O2. The lowest BCUT2D eigenvalue weighted by Crippen LogP contribution is -2.46. The van der Waals surface area contributed by atoms with Gasteiger partial charge in [-0.05, 0) is 93.8 Å². The van der Waals surface area contributed by atoms with E-state index in [1.54, 1.807) is 0 Å². The molecule has 2 bridgehead atoms. The van der Waals surface area contributed by atoms with E-state index in [1.165, 1.54) is 77.0 Å². The van der Waals surface area contributed by atoms with Gasteiger partial charge in [-0.2, -0.15) is 0 Å². The summed E-state index contributed by atoms with van der Waals surface area (Å²) in [5, 5.41) is 0. The van der Waals surface area contributed by atoms with Crippen LogP contribution in [0.5, 0.6) is 0 Å². The first-order valence-corrected chi connectivity index (χ1v) is 11.8. The highest BCUT2D eigenvalue weighted by molar-refractivity contribution is 5.72. The Morgan fingerprint density at radius 2 is 1.46 bits per heavy atom. The molecule has 2 nitrogen and oxygen atoms in total. The molecule has 0 aromatic heterocycles. The third kappa shape index (κ3) is 4.47. The fourth-order valence-corrected chi connectivity index (χ4v) is 6.41. The predicted octanol–water partition coefficient (Wildman–Crippen LogP) is 7.06. The van der Waals surface area contributed by atoms with Gasteiger partial charge in [0.05, 0.1) is 12.5 Å². The molecule has 0 atom stereocenters. The molecule has 0 aliphatic heterocycles. The number of carbonyl (C=O) groups is 1. The molecular weight excluding hydrogens is 320 g/mol. The molecule has 0 unspecified atom stereocenters. The minimum absolute atomic E-state index is 0.0941. The minimum Gasteiger partial charge on any atom is -0.465 e. The molecule has 4 saturated carbocycles. The van der Waals surface area contributed by atoms with Crippen molar-refractivity contribution in [1.82, 2.24) is 0 Å². The predicted molar refractivity (Wildman–Crippen MR) is 108 cm³/mol. The van der Waals surface area contributed by atoms with E-state index in [1.807, 2.05) is 0 Å². The molecule has 0 spiro atoms. The largest absolute Gasteiger partial charge is 0.465 e. The smallest absolute Gasteiger partial charge is 0.308 e. The van der Waals surface area contributed by atoms with E-state index in [0.29, 0.717) is 12.0 Å². The highest BCUT2D eigenvalue weighted by Crippen LogP contribution is 2.63. The van der Waals surface area contributed by atoms with Gasteiger partial charge in [0.1, 0.15) is 0 Å². The summed E-state index contributed by atoms with van der Waals surface area (Å²) >= 11 is 0. The second-order valence-corrected chi connectivity index (χ2v) is 9.89. The van der Waals surface area contributed by atoms with Crippen LogP contribution in [0.3, 0.4) is 0 Å². The first kappa shape index (κ1) is 20.2. The lowest BCUT2D eigenvalue weighted by Gasteiger charge is -2.58. The van der Waals surface area contributed by atoms with Gasteiger partial charge in [0.15, 0.2) is 0 Å². The van der Waals surface area contributed by atoms with Crippen molar-refractivity contribution in [1.29, 1.82) is 0 Å². The van der Waals surface area contributed by atoms with Crippen molar-refractivity contribution in [3.05, 3.63) is 0 Å². The molecule has 4 fully saturated rings. The van der Waals surface area contributed by atoms with Crippen LogP contribution >= 0.6 is 0 Å². The average Bonchev–Trinajstić information content (AvgIpc) is 2.70. The van der Waals surface area contributed by atoms with Crippen LogP contribution in [0.1, 0.15) is 117 Å². The van der Waals surface area contributed by atoms with Crippen LogP contribution in [0.2, 0.25) is 0 Å². The SMILES string of the molecule is CCCCCC12CCC([C@H]3CC[C@H](C(=O)OCCCC)CC3)(CC1)CC2. The van der Waals surface area contributed by atoms with Crippen molar-refractivity contribution < 1.29 is 9.53 Å². The van der Waals surface area contributed by atoms with Crippen LogP contribution in [0, 0.1) is 22.7 Å². The van der Waals surface area contributed by atoms with Gasteiger partial charge in [-0.15, -0.1) is 0 Å². The molecule has 0 saturated heterocycles. The van der Waals surface area contributed by atoms with Gasteiger partial charge in [-0.3, -0.25) is 4.79 Å². The molecule has 0 amide bonds. The highest BCUT2D eigenvalue weighted by Gasteiger charge is 2.51. The second kappa shape index (κ2) is 9.11. The maximum absolute atomic E-state index is 12.3. The number of rotatable bonds is 9. The van der Waals surface area contributed by atoms with Crippen molar-refractivity contribution in [2.45, 2.75) is 117 Å². The molecule has 4 rings (SSSR count). The first-order valence-electron chi connectivity index (χ1n) is 11.8. The Kier molecular flexibility index (Phi) is 7.08. The summed E-state index contributed by atoms with van der Waals surface area (Å²) in [7, 11) is 0. The third-order valence-corrected chi connectivity index (χ3v) is 8.44. The van der Waals surface area contributed by atoms with Gasteiger partial charge in [0.2, 0.25) is 0 Å². The molecule has 150 valence electrons. The topological polar surface area (TPSA) is 26.3 Å². The number of fused-ring (bicyclic) bond motifs is 3. The van der Waals surface area contributed by atoms with Crippen LogP contribution in [0.25, 0.3) is 0 Å². The fraction of sp³-hybridized carbons (Fsp3) is 0.958. The molecule has 0 aromatic carbocycles. The maximum atomic E-state index is 12.3. The van der Waals surface area contributed by atoms with Crippen molar-refractivity contribution in [2.24, 2.45) is 22.7 Å². The van der Waals surface area contributed by atoms with Gasteiger partial charge in [0.25, 0.3) is 0 Å². The van der Waals surface area contributed by atoms with Crippen LogP contribution in [-0.4, -0.2) is 12.6 Å². The van der Waals surface area contributed by atoms with Gasteiger partial charge in [0, 0.05) is 0 Å². The summed E-state index contributed by atoms with van der Waals surface area (Å²) < 4.78 is 5.48. The first-order chi connectivity index (χ1) is 12.6. The normalized spacial score (nSPS) is 36.8. The quantitative estimate of drug-likeness (QED) is 0.324. The van der Waals surface area contributed by atoms with Gasteiger partial charge >= 0.3 is 5.97 Å². The molecule has 4 aliphatic carbocycles. The van der Waals surface area contributed by atoms with E-state index in [0.717, 1.165) is 37.0 Å². The Hall–Kier alpha value is -0.530. The standard InChI is InChI=1S/C24H42O2/c1-3-5-7-12-23-13-16-24(17-14-23,18-15-23)21-10-8-20(9-11-21)22(25)26-19-6-4-2/h20-21H,3-19H2,1-2H3/t20-,21-,23?,24?. The summed E-state index contributed by atoms with van der Waals surface area (Å²) in [6.07, 6.45) is 21.5. The number of hydrogen-bond donors (Lipinski definition) is 0. The monoisotopic (exact) mass is 362 g/mol. The summed E-state index contributed by atoms with van der Waals surface area (Å²) in [5.74, 6) is 1.17. The third-order valence-electron chi connectivity index (χ3n) is 8.44. The second-order valence-electron chi connectivity index (χ2n) is 9.89. The van der Waals surface area contributed by atoms with Crippen molar-refractivity contribution >= 4 is 5.97 Å². The van der Waals surface area contributed by atoms with Gasteiger partial charge in [-0.25, -0.2) is 0 Å². The van der Waals surface area contributed by atoms with Crippen molar-refractivity contribution in [3.63, 3.8) is 0 Å². The van der Waals surface area contributed by atoms with Crippen LogP contribution < -0.4 is 0 Å². The van der Waals surface area contributed by atoms with E-state index >= 15 is 0 Å². The summed E-state index contributed by atoms with van der Waals surface area (Å²) in [4.78, 5) is 12.3. The number of ether oxygens (including phenoxy) is 1. The van der Waals surface area contributed by atoms with Crippen molar-refractivity contribution in [3.8, 4) is 0 Å². The molecule has 0 radical (unpaired) electrons. The fourth-order valence-electron chi connectivity index (χ4n) is 6.41. The lowest BCUT2D eigenvalue weighted by atomic mass is 9.47. The summed E-state index contributed by atoms with van der Waals surface area (Å²) in [5.41, 5.74) is 1.36. The summed E-state index contributed by atoms with van der Waals surface area (Å²) in [6, 6.07) is 0. The number of hydrogen-bond acceptors (Lipinski definition) is 2. The molecule has 2 heteroatoms. The number of esters is 1. The Balaban J connectivity index is 1.45. The Labute approximate surface area is 161 Å². The van der Waals surface area contributed by atoms with Gasteiger partial charge < -0.3 is 4.74 Å². The van der Waals surface area contributed by atoms with Gasteiger partial charge in [-0.1, -0.05) is 39.5 Å². The van der Waals surface area contributed by atoms with Crippen LogP contribution in [0.4, 0.5) is 0 Å². The van der Waals surface area contributed by atoms with Crippen LogP contribution in [0.15, 0.2) is 0 Å². The number of carbonyl (C=O) groups excluding carboxylic acids is 1. The zero-order chi connectivity index (χ0) is 18.5. The molecule has 0 N–H and O–H groups in total. The van der Waals surface area contributed by atoms with E-state index in [2.05, 4.69) is 13.8 Å². The van der Waals surface area contributed by atoms with E-state index in [4.69, 9.17) is 4.74 Å².